The lowest BCUT2D eigenvalue weighted by Crippen LogP contribution is -2.13. The molecule has 1 unspecified atom stereocenters. The number of aromatic nitrogens is 3. The van der Waals surface area contributed by atoms with E-state index in [4.69, 9.17) is 4.74 Å². The summed E-state index contributed by atoms with van der Waals surface area (Å²) in [7, 11) is 0. The zero-order chi connectivity index (χ0) is 20.4. The molecule has 2 aromatic heterocycles. The Morgan fingerprint density at radius 2 is 1.86 bits per heavy atom. The quantitative estimate of drug-likeness (QED) is 0.368. The third kappa shape index (κ3) is 3.62. The third-order valence-corrected chi connectivity index (χ3v) is 5.19. The highest BCUT2D eigenvalue weighted by molar-refractivity contribution is 7.98. The maximum absolute atomic E-state index is 11.9. The normalized spacial score (nSPS) is 14.3. The molecule has 142 valence electrons. The van der Waals surface area contributed by atoms with Crippen LogP contribution in [0.4, 0.5) is 0 Å². The second kappa shape index (κ2) is 7.86. The standard InChI is InChI=1S/C22H16N4O2S/c1-13(27)28-21-18-5-3-4-14(9-23)17(18)6-7-20-19(21)8-15(10-24-20)16-11-25-22(29-2)26-12-16/h3-8,10-12,21H,1-2H3. The van der Waals surface area contributed by atoms with Crippen molar-refractivity contribution in [3.8, 4) is 17.2 Å². The molecule has 0 radical (unpaired) electrons. The van der Waals surface area contributed by atoms with Crippen molar-refractivity contribution in [3.63, 3.8) is 0 Å². The van der Waals surface area contributed by atoms with E-state index in [1.807, 2.05) is 30.5 Å². The molecular formula is C22H16N4O2S. The summed E-state index contributed by atoms with van der Waals surface area (Å²) in [6.07, 6.45) is 10.2. The maximum atomic E-state index is 11.9. The molecule has 6 nitrogen and oxygen atoms in total. The number of rotatable bonds is 3. The number of fused-ring (bicyclic) bond motifs is 2. The lowest BCUT2D eigenvalue weighted by Gasteiger charge is -2.20. The van der Waals surface area contributed by atoms with Crippen LogP contribution < -0.4 is 0 Å². The van der Waals surface area contributed by atoms with E-state index < -0.39 is 12.1 Å². The highest BCUT2D eigenvalue weighted by atomic mass is 32.2. The van der Waals surface area contributed by atoms with Gasteiger partial charge in [-0.3, -0.25) is 9.78 Å². The number of ether oxygens (including phenoxy) is 1. The summed E-state index contributed by atoms with van der Waals surface area (Å²) in [6.45, 7) is 1.37. The predicted octanol–water partition coefficient (Wildman–Crippen LogP) is 4.27. The van der Waals surface area contributed by atoms with Crippen molar-refractivity contribution in [2.45, 2.75) is 18.2 Å². The molecule has 0 amide bonds. The van der Waals surface area contributed by atoms with E-state index in [9.17, 15) is 10.1 Å². The van der Waals surface area contributed by atoms with Gasteiger partial charge in [0.25, 0.3) is 0 Å². The number of nitriles is 1. The first-order valence-electron chi connectivity index (χ1n) is 8.85. The molecule has 2 heterocycles. The number of carbonyl (C=O) groups is 1. The van der Waals surface area contributed by atoms with Crippen LogP contribution in [0, 0.1) is 11.3 Å². The Morgan fingerprint density at radius 1 is 1.10 bits per heavy atom. The first-order chi connectivity index (χ1) is 14.1. The van der Waals surface area contributed by atoms with Crippen LogP contribution in [0.3, 0.4) is 0 Å². The van der Waals surface area contributed by atoms with Crippen LogP contribution in [0.25, 0.3) is 23.3 Å². The fourth-order valence-electron chi connectivity index (χ4n) is 3.29. The molecule has 3 aromatic rings. The van der Waals surface area contributed by atoms with Gasteiger partial charge in [0.1, 0.15) is 0 Å². The first kappa shape index (κ1) is 18.8. The molecular weight excluding hydrogens is 384 g/mol. The number of hydrogen-bond acceptors (Lipinski definition) is 7. The van der Waals surface area contributed by atoms with Gasteiger partial charge in [-0.25, -0.2) is 9.97 Å². The van der Waals surface area contributed by atoms with Gasteiger partial charge < -0.3 is 4.74 Å². The fraction of sp³-hybridized carbons (Fsp3) is 0.136. The van der Waals surface area contributed by atoms with Gasteiger partial charge in [0.15, 0.2) is 11.3 Å². The number of benzene rings is 1. The van der Waals surface area contributed by atoms with Gasteiger partial charge in [-0.2, -0.15) is 5.26 Å². The minimum Gasteiger partial charge on any atom is -0.453 e. The van der Waals surface area contributed by atoms with E-state index in [0.717, 1.165) is 27.8 Å². The largest absolute Gasteiger partial charge is 0.453 e. The molecule has 4 rings (SSSR count). The predicted molar refractivity (Wildman–Crippen MR) is 111 cm³/mol. The van der Waals surface area contributed by atoms with Crippen LogP contribution >= 0.6 is 11.8 Å². The summed E-state index contributed by atoms with van der Waals surface area (Å²) in [4.78, 5) is 25.1. The van der Waals surface area contributed by atoms with Crippen molar-refractivity contribution >= 4 is 29.9 Å². The Balaban J connectivity index is 1.88. The van der Waals surface area contributed by atoms with E-state index >= 15 is 0 Å². The fourth-order valence-corrected chi connectivity index (χ4v) is 3.60. The molecule has 0 bridgehead atoms. The van der Waals surface area contributed by atoms with Crippen molar-refractivity contribution < 1.29 is 9.53 Å². The second-order valence-corrected chi connectivity index (χ2v) is 7.17. The maximum Gasteiger partial charge on any atom is 0.303 e. The van der Waals surface area contributed by atoms with Crippen LogP contribution in [0.2, 0.25) is 0 Å². The molecule has 29 heavy (non-hydrogen) atoms. The molecule has 1 atom stereocenters. The topological polar surface area (TPSA) is 88.8 Å². The van der Waals surface area contributed by atoms with Gasteiger partial charge in [-0.05, 0) is 30.0 Å². The Hall–Kier alpha value is -3.50. The molecule has 0 aliphatic heterocycles. The third-order valence-electron chi connectivity index (χ3n) is 4.61. The summed E-state index contributed by atoms with van der Waals surface area (Å²) in [6, 6.07) is 9.54. The number of pyridine rings is 1. The molecule has 0 N–H and O–H groups in total. The number of carbonyl (C=O) groups excluding carboxylic acids is 1. The Kier molecular flexibility index (Phi) is 5.10. The smallest absolute Gasteiger partial charge is 0.303 e. The van der Waals surface area contributed by atoms with Crippen LogP contribution in [-0.4, -0.2) is 27.2 Å². The van der Waals surface area contributed by atoms with Crippen molar-refractivity contribution in [1.29, 1.82) is 5.26 Å². The van der Waals surface area contributed by atoms with Crippen molar-refractivity contribution in [2.24, 2.45) is 0 Å². The van der Waals surface area contributed by atoms with Gasteiger partial charge in [-0.15, -0.1) is 0 Å². The van der Waals surface area contributed by atoms with Crippen molar-refractivity contribution in [3.05, 3.63) is 70.8 Å². The SMILES string of the molecule is CSc1ncc(-c2cnc3c(c2)C(OC(C)=O)c2cccc(C#N)c2C=C3)cn1. The zero-order valence-corrected chi connectivity index (χ0v) is 16.6. The van der Waals surface area contributed by atoms with Gasteiger partial charge in [0.2, 0.25) is 0 Å². The van der Waals surface area contributed by atoms with E-state index in [2.05, 4.69) is 21.0 Å². The summed E-state index contributed by atoms with van der Waals surface area (Å²) < 4.78 is 5.69. The van der Waals surface area contributed by atoms with Gasteiger partial charge in [-0.1, -0.05) is 30.0 Å². The lowest BCUT2D eigenvalue weighted by atomic mass is 9.94. The van der Waals surface area contributed by atoms with Gasteiger partial charge in [0, 0.05) is 47.8 Å². The number of esters is 1. The molecule has 1 aliphatic carbocycles. The molecule has 0 saturated heterocycles. The Morgan fingerprint density at radius 3 is 2.55 bits per heavy atom. The van der Waals surface area contributed by atoms with Crippen LogP contribution in [-0.2, 0) is 9.53 Å². The minimum atomic E-state index is -0.667. The molecule has 1 aliphatic rings. The minimum absolute atomic E-state index is 0.408. The van der Waals surface area contributed by atoms with Crippen LogP contribution in [0.5, 0.6) is 0 Å². The zero-order valence-electron chi connectivity index (χ0n) is 15.8. The van der Waals surface area contributed by atoms with Gasteiger partial charge in [0.05, 0.1) is 17.3 Å². The first-order valence-corrected chi connectivity index (χ1v) is 10.1. The molecule has 7 heteroatoms. The van der Waals surface area contributed by atoms with E-state index in [1.165, 1.54) is 18.7 Å². The number of hydrogen-bond donors (Lipinski definition) is 0. The van der Waals surface area contributed by atoms with Crippen molar-refractivity contribution in [1.82, 2.24) is 15.0 Å². The highest BCUT2D eigenvalue weighted by Crippen LogP contribution is 2.37. The summed E-state index contributed by atoms with van der Waals surface area (Å²) >= 11 is 1.47. The molecule has 0 spiro atoms. The monoisotopic (exact) mass is 400 g/mol. The summed E-state index contributed by atoms with van der Waals surface area (Å²) in [5, 5.41) is 10.2. The van der Waals surface area contributed by atoms with Crippen LogP contribution in [0.15, 0.2) is 48.0 Å². The summed E-state index contributed by atoms with van der Waals surface area (Å²) in [5.74, 6) is -0.408. The second-order valence-electron chi connectivity index (χ2n) is 6.40. The number of thioether (sulfide) groups is 1. The summed E-state index contributed by atoms with van der Waals surface area (Å²) in [5.41, 5.74) is 5.07. The Labute approximate surface area is 172 Å². The van der Waals surface area contributed by atoms with E-state index in [-0.39, 0.29) is 0 Å². The van der Waals surface area contributed by atoms with Crippen molar-refractivity contribution in [2.75, 3.05) is 6.26 Å². The molecule has 0 fully saturated rings. The van der Waals surface area contributed by atoms with Gasteiger partial charge >= 0.3 is 5.97 Å². The Bertz CT molecular complexity index is 1170. The average Bonchev–Trinajstić information content (AvgIpc) is 2.90. The lowest BCUT2D eigenvalue weighted by molar-refractivity contribution is -0.144. The molecule has 0 saturated carbocycles. The van der Waals surface area contributed by atoms with E-state index in [1.54, 1.807) is 30.7 Å². The number of nitrogens with zero attached hydrogens (tertiary/aromatic N) is 4. The van der Waals surface area contributed by atoms with E-state index in [0.29, 0.717) is 16.4 Å². The van der Waals surface area contributed by atoms with Crippen LogP contribution in [0.1, 0.15) is 41.0 Å². The average molecular weight is 400 g/mol. The highest BCUT2D eigenvalue weighted by Gasteiger charge is 2.26. The molecule has 1 aromatic carbocycles.